The average molecular weight is 762 g/mol. The van der Waals surface area contributed by atoms with Gasteiger partial charge in [0.05, 0.1) is 16.6 Å². The standard InChI is InChI=1S/C35H42Cl3F3N4O5/c1-33(2,3)45(32(48)49)27-19-44(20-27)30(46)28-5-4-26(18-29(28)38)42-10-6-21(7-11-42)14-22-8-12-43(13-9-22)31(47)34(50,35(39,40)41)23-15-24(36)17-25(37)16-23/h4-5,15-18,21-22,27,50H,6-14,19-20H2,1-3H3,(H,48,49). The number of amides is 3. The quantitative estimate of drug-likeness (QED) is 0.302. The van der Waals surface area contributed by atoms with Crippen LogP contribution in [-0.4, -0.2) is 99.8 Å². The van der Waals surface area contributed by atoms with E-state index in [1.54, 1.807) is 17.0 Å². The van der Waals surface area contributed by atoms with Crippen LogP contribution in [0.15, 0.2) is 36.4 Å². The average Bonchev–Trinajstić information content (AvgIpc) is 3.00. The molecule has 2 aromatic rings. The third-order valence-corrected chi connectivity index (χ3v) is 10.9. The number of carboxylic acid groups (broad SMARTS) is 1. The van der Waals surface area contributed by atoms with Crippen molar-refractivity contribution in [3.05, 3.63) is 62.6 Å². The van der Waals surface area contributed by atoms with E-state index in [9.17, 15) is 37.8 Å². The van der Waals surface area contributed by atoms with E-state index in [0.717, 1.165) is 55.1 Å². The zero-order valence-corrected chi connectivity index (χ0v) is 30.4. The van der Waals surface area contributed by atoms with E-state index >= 15 is 0 Å². The van der Waals surface area contributed by atoms with Gasteiger partial charge in [0, 0.05) is 66.1 Å². The Hall–Kier alpha value is -2.93. The molecule has 5 rings (SSSR count). The Bertz CT molecular complexity index is 1580. The van der Waals surface area contributed by atoms with E-state index in [1.165, 1.54) is 11.0 Å². The van der Waals surface area contributed by atoms with Crippen LogP contribution < -0.4 is 4.90 Å². The van der Waals surface area contributed by atoms with E-state index in [2.05, 4.69) is 4.90 Å². The van der Waals surface area contributed by atoms with Crippen molar-refractivity contribution in [2.75, 3.05) is 44.2 Å². The summed E-state index contributed by atoms with van der Waals surface area (Å²) >= 11 is 18.4. The van der Waals surface area contributed by atoms with Crippen LogP contribution in [-0.2, 0) is 10.4 Å². The van der Waals surface area contributed by atoms with Gasteiger partial charge in [-0.3, -0.25) is 14.5 Å². The van der Waals surface area contributed by atoms with E-state index in [4.69, 9.17) is 34.8 Å². The van der Waals surface area contributed by atoms with Crippen LogP contribution in [0.5, 0.6) is 0 Å². The molecular weight excluding hydrogens is 720 g/mol. The predicted octanol–water partition coefficient (Wildman–Crippen LogP) is 7.54. The largest absolute Gasteiger partial charge is 0.465 e. The molecule has 0 aliphatic carbocycles. The number of alkyl halides is 3. The van der Waals surface area contributed by atoms with Gasteiger partial charge in [0.15, 0.2) is 0 Å². The Kier molecular flexibility index (Phi) is 11.2. The van der Waals surface area contributed by atoms with E-state index < -0.39 is 34.9 Å². The molecule has 50 heavy (non-hydrogen) atoms. The third-order valence-electron chi connectivity index (χ3n) is 10.2. The lowest BCUT2D eigenvalue weighted by Crippen LogP contribution is -2.66. The maximum Gasteiger partial charge on any atom is 0.430 e. The summed E-state index contributed by atoms with van der Waals surface area (Å²) < 4.78 is 42.6. The lowest BCUT2D eigenvalue weighted by molar-refractivity contribution is -0.262. The van der Waals surface area contributed by atoms with Gasteiger partial charge in [-0.25, -0.2) is 4.79 Å². The SMILES string of the molecule is CC(C)(C)N(C(=O)O)C1CN(C(=O)c2ccc(N3CCC(CC4CCN(C(=O)C(O)(c5cc(Cl)cc(Cl)c5)C(F)(F)F)CC4)CC3)cc2Cl)C1. The summed E-state index contributed by atoms with van der Waals surface area (Å²) in [7, 11) is 0. The van der Waals surface area contributed by atoms with Crippen molar-refractivity contribution < 1.29 is 37.8 Å². The molecule has 0 spiro atoms. The molecule has 15 heteroatoms. The molecule has 0 aromatic heterocycles. The number of benzene rings is 2. The molecule has 3 heterocycles. The number of rotatable bonds is 7. The Balaban J connectivity index is 1.11. The molecule has 2 N–H and O–H groups in total. The van der Waals surface area contributed by atoms with Gasteiger partial charge in [-0.05, 0) is 101 Å². The fourth-order valence-corrected chi connectivity index (χ4v) is 8.27. The maximum absolute atomic E-state index is 14.2. The topological polar surface area (TPSA) is 105 Å². The van der Waals surface area contributed by atoms with Gasteiger partial charge in [0.1, 0.15) is 0 Å². The summed E-state index contributed by atoms with van der Waals surface area (Å²) in [5.41, 5.74) is -3.78. The number of likely N-dealkylation sites (tertiary alicyclic amines) is 2. The van der Waals surface area contributed by atoms with Gasteiger partial charge < -0.3 is 24.9 Å². The monoisotopic (exact) mass is 760 g/mol. The molecular formula is C35H42Cl3F3N4O5. The van der Waals surface area contributed by atoms with Crippen LogP contribution in [0.3, 0.4) is 0 Å². The molecule has 3 amide bonds. The minimum absolute atomic E-state index is 0.102. The Morgan fingerprint density at radius 2 is 1.38 bits per heavy atom. The lowest BCUT2D eigenvalue weighted by atomic mass is 9.82. The van der Waals surface area contributed by atoms with Crippen molar-refractivity contribution >= 4 is 58.4 Å². The molecule has 0 radical (unpaired) electrons. The summed E-state index contributed by atoms with van der Waals surface area (Å²) in [4.78, 5) is 44.4. The number of hydrogen-bond donors (Lipinski definition) is 2. The number of carbonyl (C=O) groups is 3. The highest BCUT2D eigenvalue weighted by atomic mass is 35.5. The fraction of sp³-hybridized carbons (Fsp3) is 0.571. The van der Waals surface area contributed by atoms with Crippen LogP contribution in [0, 0.1) is 11.8 Å². The molecule has 2 aromatic carbocycles. The minimum Gasteiger partial charge on any atom is -0.465 e. The summed E-state index contributed by atoms with van der Waals surface area (Å²) in [6.45, 7) is 7.83. The molecule has 3 saturated heterocycles. The number of hydrogen-bond acceptors (Lipinski definition) is 5. The molecule has 0 saturated carbocycles. The van der Waals surface area contributed by atoms with Crippen LogP contribution in [0.1, 0.15) is 68.8 Å². The zero-order chi connectivity index (χ0) is 36.8. The van der Waals surface area contributed by atoms with Crippen molar-refractivity contribution in [2.45, 2.75) is 76.2 Å². The van der Waals surface area contributed by atoms with Gasteiger partial charge in [0.2, 0.25) is 0 Å². The van der Waals surface area contributed by atoms with Crippen molar-refractivity contribution in [2.24, 2.45) is 11.8 Å². The molecule has 1 unspecified atom stereocenters. The fourth-order valence-electron chi connectivity index (χ4n) is 7.49. The molecule has 1 atom stereocenters. The highest BCUT2D eigenvalue weighted by molar-refractivity contribution is 6.35. The van der Waals surface area contributed by atoms with Crippen LogP contribution in [0.2, 0.25) is 15.1 Å². The first-order valence-corrected chi connectivity index (χ1v) is 17.8. The second-order valence-corrected chi connectivity index (χ2v) is 15.9. The van der Waals surface area contributed by atoms with E-state index in [1.807, 2.05) is 26.8 Å². The minimum atomic E-state index is -5.28. The highest BCUT2D eigenvalue weighted by Gasteiger charge is 2.62. The molecule has 0 bridgehead atoms. The van der Waals surface area contributed by atoms with Gasteiger partial charge in [-0.15, -0.1) is 0 Å². The summed E-state index contributed by atoms with van der Waals surface area (Å²) in [5, 5.41) is 20.6. The summed E-state index contributed by atoms with van der Waals surface area (Å²) in [5.74, 6) is -1.02. The predicted molar refractivity (Wildman–Crippen MR) is 186 cm³/mol. The van der Waals surface area contributed by atoms with Crippen molar-refractivity contribution in [1.29, 1.82) is 0 Å². The number of halogens is 6. The molecule has 9 nitrogen and oxygen atoms in total. The smallest absolute Gasteiger partial charge is 0.430 e. The Morgan fingerprint density at radius 1 is 0.840 bits per heavy atom. The third kappa shape index (κ3) is 7.93. The first kappa shape index (κ1) is 38.3. The zero-order valence-electron chi connectivity index (χ0n) is 28.2. The number of piperidine rings is 2. The van der Waals surface area contributed by atoms with Crippen molar-refractivity contribution in [3.8, 4) is 0 Å². The van der Waals surface area contributed by atoms with E-state index in [-0.39, 0.29) is 41.0 Å². The number of carbonyl (C=O) groups excluding carboxylic acids is 2. The van der Waals surface area contributed by atoms with Gasteiger partial charge in [-0.2, -0.15) is 13.2 Å². The second-order valence-electron chi connectivity index (χ2n) is 14.6. The molecule has 274 valence electrons. The highest BCUT2D eigenvalue weighted by Crippen LogP contribution is 2.43. The molecule has 3 fully saturated rings. The Labute approximate surface area is 304 Å². The normalized spacial score (nSPS) is 19.6. The van der Waals surface area contributed by atoms with Gasteiger partial charge in [0.25, 0.3) is 17.4 Å². The van der Waals surface area contributed by atoms with Crippen LogP contribution in [0.4, 0.5) is 23.7 Å². The number of aliphatic hydroxyl groups is 1. The Morgan fingerprint density at radius 3 is 1.86 bits per heavy atom. The van der Waals surface area contributed by atoms with Crippen LogP contribution in [0.25, 0.3) is 0 Å². The second kappa shape index (κ2) is 14.6. The summed E-state index contributed by atoms with van der Waals surface area (Å²) in [6, 6.07) is 8.16. The molecule has 3 aliphatic rings. The van der Waals surface area contributed by atoms with E-state index in [0.29, 0.717) is 42.4 Å². The van der Waals surface area contributed by atoms with Gasteiger partial charge >= 0.3 is 12.3 Å². The van der Waals surface area contributed by atoms with Crippen LogP contribution >= 0.6 is 34.8 Å². The number of nitrogens with zero attached hydrogens (tertiary/aromatic N) is 4. The van der Waals surface area contributed by atoms with Gasteiger partial charge in [-0.1, -0.05) is 34.8 Å². The van der Waals surface area contributed by atoms with Crippen molar-refractivity contribution in [1.82, 2.24) is 14.7 Å². The lowest BCUT2D eigenvalue weighted by Gasteiger charge is -2.49. The first-order valence-electron chi connectivity index (χ1n) is 16.7. The number of anilines is 1. The summed E-state index contributed by atoms with van der Waals surface area (Å²) in [6.07, 6.45) is -2.53. The first-order chi connectivity index (χ1) is 23.3. The van der Waals surface area contributed by atoms with Crippen molar-refractivity contribution in [3.63, 3.8) is 0 Å². The molecule has 3 aliphatic heterocycles. The maximum atomic E-state index is 14.2.